The van der Waals surface area contributed by atoms with Gasteiger partial charge in [0, 0.05) is 19.4 Å². The Morgan fingerprint density at radius 1 is 1.15 bits per heavy atom. The first-order chi connectivity index (χ1) is 16.3. The molecule has 5 atom stereocenters. The summed E-state index contributed by atoms with van der Waals surface area (Å²) >= 11 is 0. The summed E-state index contributed by atoms with van der Waals surface area (Å²) in [6.07, 6.45) is -2.36. The van der Waals surface area contributed by atoms with E-state index in [0.717, 1.165) is 12.8 Å². The minimum Gasteiger partial charge on any atom is -0.455 e. The summed E-state index contributed by atoms with van der Waals surface area (Å²) in [6, 6.07) is 0. The van der Waals surface area contributed by atoms with Gasteiger partial charge >= 0.3 is 11.9 Å². The predicted molar refractivity (Wildman–Crippen MR) is 118 cm³/mol. The number of unbranched alkanes of at least 4 members (excludes halogenated alkanes) is 1. The van der Waals surface area contributed by atoms with Crippen LogP contribution < -0.4 is 11.1 Å². The molecule has 4 N–H and O–H groups in total. The summed E-state index contributed by atoms with van der Waals surface area (Å²) in [5.74, 6) is -1.77. The molecule has 0 spiro atoms. The van der Waals surface area contributed by atoms with Gasteiger partial charge in [0.25, 0.3) is 5.91 Å². The number of aliphatic hydroxyl groups is 1. The topological polar surface area (TPSA) is 181 Å². The molecule has 1 amide bonds. The zero-order chi connectivity index (χ0) is 24.8. The second-order valence-corrected chi connectivity index (χ2v) is 7.78. The van der Waals surface area contributed by atoms with Crippen LogP contribution in [0.25, 0.3) is 11.2 Å². The van der Waals surface area contributed by atoms with Crippen molar-refractivity contribution in [2.45, 2.75) is 77.1 Å². The molecule has 2 aromatic rings. The van der Waals surface area contributed by atoms with E-state index in [4.69, 9.17) is 19.9 Å². The van der Waals surface area contributed by atoms with Crippen molar-refractivity contribution >= 4 is 34.8 Å². The maximum Gasteiger partial charge on any atom is 0.306 e. The number of aromatic nitrogens is 4. The SMILES string of the molecule is CCCCNC(=O)C(O)[C@H]1O[C@@H](n2cnc3c(N)ncnc32)[C@H](OC(=O)CC)[C@@H]1OC(=O)CC. The van der Waals surface area contributed by atoms with E-state index in [-0.39, 0.29) is 29.8 Å². The molecule has 0 saturated carbocycles. The van der Waals surface area contributed by atoms with Crippen LogP contribution >= 0.6 is 0 Å². The molecule has 3 rings (SSSR count). The largest absolute Gasteiger partial charge is 0.455 e. The summed E-state index contributed by atoms with van der Waals surface area (Å²) in [4.78, 5) is 49.3. The minimum atomic E-state index is -1.70. The van der Waals surface area contributed by atoms with E-state index < -0.39 is 48.5 Å². The number of hydrogen-bond donors (Lipinski definition) is 3. The average molecular weight is 479 g/mol. The van der Waals surface area contributed by atoms with Crippen LogP contribution in [0.15, 0.2) is 12.7 Å². The standard InChI is InChI=1S/C21H30N6O7/c1-4-7-8-23-20(31)14(30)15-16(32-11(28)5-2)17(33-12(29)6-3)21(34-15)27-10-26-13-18(22)24-9-25-19(13)27/h9-10,14-17,21,30H,4-8H2,1-3H3,(H,23,31)(H2,22,24,25)/t14?,15-,16-,17-,21-/m1/s1. The number of aliphatic hydroxyl groups excluding tert-OH is 1. The number of amides is 1. The zero-order valence-corrected chi connectivity index (χ0v) is 19.3. The van der Waals surface area contributed by atoms with E-state index in [1.807, 2.05) is 6.92 Å². The lowest BCUT2D eigenvalue weighted by molar-refractivity contribution is -0.169. The highest BCUT2D eigenvalue weighted by atomic mass is 16.6. The number of esters is 2. The Bertz CT molecular complexity index is 1030. The molecule has 1 aliphatic heterocycles. The molecule has 13 heteroatoms. The normalized spacial score (nSPS) is 22.9. The average Bonchev–Trinajstić information content (AvgIpc) is 3.41. The number of nitrogens with one attached hydrogen (secondary N) is 1. The molecule has 1 unspecified atom stereocenters. The molecule has 0 aliphatic carbocycles. The van der Waals surface area contributed by atoms with E-state index in [0.29, 0.717) is 6.54 Å². The number of ether oxygens (including phenoxy) is 3. The number of rotatable bonds is 10. The molecule has 1 aliphatic rings. The van der Waals surface area contributed by atoms with Crippen LogP contribution in [0.5, 0.6) is 0 Å². The van der Waals surface area contributed by atoms with Gasteiger partial charge in [-0.15, -0.1) is 0 Å². The van der Waals surface area contributed by atoms with Crippen molar-refractivity contribution in [3.63, 3.8) is 0 Å². The van der Waals surface area contributed by atoms with Crippen LogP contribution in [-0.4, -0.2) is 73.4 Å². The van der Waals surface area contributed by atoms with Crippen LogP contribution in [0.1, 0.15) is 52.7 Å². The third-order valence-electron chi connectivity index (χ3n) is 5.41. The van der Waals surface area contributed by atoms with Gasteiger partial charge in [-0.2, -0.15) is 0 Å². The molecule has 0 radical (unpaired) electrons. The summed E-state index contributed by atoms with van der Waals surface area (Å²) in [7, 11) is 0. The van der Waals surface area contributed by atoms with Crippen molar-refractivity contribution < 1.29 is 33.7 Å². The summed E-state index contributed by atoms with van der Waals surface area (Å²) in [5.41, 5.74) is 6.44. The lowest BCUT2D eigenvalue weighted by Gasteiger charge is -2.25. The molecular formula is C21H30N6O7. The Morgan fingerprint density at radius 3 is 2.47 bits per heavy atom. The Morgan fingerprint density at radius 2 is 1.82 bits per heavy atom. The first-order valence-electron chi connectivity index (χ1n) is 11.2. The fraction of sp³-hybridized carbons (Fsp3) is 0.619. The number of fused-ring (bicyclic) bond motifs is 1. The second-order valence-electron chi connectivity index (χ2n) is 7.78. The van der Waals surface area contributed by atoms with Crippen LogP contribution in [0.4, 0.5) is 5.82 Å². The number of carbonyl (C=O) groups excluding carboxylic acids is 3. The fourth-order valence-electron chi connectivity index (χ4n) is 3.57. The second kappa shape index (κ2) is 11.2. The molecule has 0 aromatic carbocycles. The lowest BCUT2D eigenvalue weighted by atomic mass is 10.0. The molecule has 34 heavy (non-hydrogen) atoms. The van der Waals surface area contributed by atoms with Gasteiger partial charge in [0.1, 0.15) is 17.9 Å². The van der Waals surface area contributed by atoms with Gasteiger partial charge in [-0.1, -0.05) is 27.2 Å². The van der Waals surface area contributed by atoms with Gasteiger partial charge in [0.2, 0.25) is 0 Å². The highest BCUT2D eigenvalue weighted by Gasteiger charge is 2.54. The van der Waals surface area contributed by atoms with Crippen molar-refractivity contribution in [2.24, 2.45) is 0 Å². The number of nitrogen functional groups attached to an aromatic ring is 1. The first kappa shape index (κ1) is 25.3. The van der Waals surface area contributed by atoms with Crippen LogP contribution in [-0.2, 0) is 28.6 Å². The van der Waals surface area contributed by atoms with E-state index >= 15 is 0 Å². The fourth-order valence-corrected chi connectivity index (χ4v) is 3.57. The van der Waals surface area contributed by atoms with Crippen molar-refractivity contribution in [1.29, 1.82) is 0 Å². The quantitative estimate of drug-likeness (QED) is 0.314. The number of nitrogens with two attached hydrogens (primary N) is 1. The molecular weight excluding hydrogens is 448 g/mol. The number of imidazole rings is 1. The Hall–Kier alpha value is -3.32. The van der Waals surface area contributed by atoms with Gasteiger partial charge in [0.05, 0.1) is 6.33 Å². The minimum absolute atomic E-state index is 0.0267. The predicted octanol–water partition coefficient (Wildman–Crippen LogP) is 0.227. The van der Waals surface area contributed by atoms with Crippen molar-refractivity contribution in [1.82, 2.24) is 24.8 Å². The maximum absolute atomic E-state index is 12.6. The molecule has 2 aromatic heterocycles. The highest BCUT2D eigenvalue weighted by Crippen LogP contribution is 2.37. The van der Waals surface area contributed by atoms with E-state index in [9.17, 15) is 19.5 Å². The molecule has 13 nitrogen and oxygen atoms in total. The van der Waals surface area contributed by atoms with Crippen LogP contribution in [0, 0.1) is 0 Å². The van der Waals surface area contributed by atoms with E-state index in [2.05, 4.69) is 20.3 Å². The van der Waals surface area contributed by atoms with Gasteiger partial charge in [-0.3, -0.25) is 19.0 Å². The molecule has 1 saturated heterocycles. The Kier molecular flexibility index (Phi) is 8.34. The Labute approximate surface area is 196 Å². The Balaban J connectivity index is 2.01. The number of carbonyl (C=O) groups is 3. The molecule has 0 bridgehead atoms. The van der Waals surface area contributed by atoms with Gasteiger partial charge < -0.3 is 30.4 Å². The highest BCUT2D eigenvalue weighted by molar-refractivity contribution is 5.82. The molecule has 186 valence electrons. The number of hydrogen-bond acceptors (Lipinski definition) is 11. The van der Waals surface area contributed by atoms with Crippen molar-refractivity contribution in [3.05, 3.63) is 12.7 Å². The van der Waals surface area contributed by atoms with Crippen LogP contribution in [0.2, 0.25) is 0 Å². The third kappa shape index (κ3) is 5.25. The van der Waals surface area contributed by atoms with Crippen molar-refractivity contribution in [2.75, 3.05) is 12.3 Å². The monoisotopic (exact) mass is 478 g/mol. The summed E-state index contributed by atoms with van der Waals surface area (Å²) in [5, 5.41) is 13.4. The van der Waals surface area contributed by atoms with Gasteiger partial charge in [0.15, 0.2) is 36.0 Å². The van der Waals surface area contributed by atoms with Gasteiger partial charge in [-0.05, 0) is 6.42 Å². The molecule has 1 fully saturated rings. The van der Waals surface area contributed by atoms with Gasteiger partial charge in [-0.25, -0.2) is 15.0 Å². The molecule has 3 heterocycles. The zero-order valence-electron chi connectivity index (χ0n) is 19.3. The summed E-state index contributed by atoms with van der Waals surface area (Å²) < 4.78 is 18.6. The smallest absolute Gasteiger partial charge is 0.306 e. The lowest BCUT2D eigenvalue weighted by Crippen LogP contribution is -2.49. The number of anilines is 1. The maximum atomic E-state index is 12.6. The van der Waals surface area contributed by atoms with E-state index in [1.54, 1.807) is 13.8 Å². The van der Waals surface area contributed by atoms with Crippen molar-refractivity contribution in [3.8, 4) is 0 Å². The van der Waals surface area contributed by atoms with Crippen LogP contribution in [0.3, 0.4) is 0 Å². The first-order valence-corrected chi connectivity index (χ1v) is 11.2. The third-order valence-corrected chi connectivity index (χ3v) is 5.41. The van der Waals surface area contributed by atoms with E-state index in [1.165, 1.54) is 17.2 Å². The summed E-state index contributed by atoms with van der Waals surface area (Å²) in [6.45, 7) is 5.52. The number of nitrogens with zero attached hydrogens (tertiary/aromatic N) is 4.